The Balaban J connectivity index is 1.73. The fraction of sp³-hybridized carbons (Fsp3) is 0.381. The van der Waals surface area contributed by atoms with E-state index in [1.54, 1.807) is 15.5 Å². The van der Waals surface area contributed by atoms with E-state index in [-0.39, 0.29) is 23.2 Å². The number of nitrogens with zero attached hydrogens (tertiary/aromatic N) is 4. The van der Waals surface area contributed by atoms with Gasteiger partial charge >= 0.3 is 0 Å². The van der Waals surface area contributed by atoms with E-state index < -0.39 is 10.0 Å². The van der Waals surface area contributed by atoms with Crippen molar-refractivity contribution in [3.05, 3.63) is 58.0 Å². The number of benzene rings is 1. The Morgan fingerprint density at radius 3 is 2.74 bits per heavy atom. The van der Waals surface area contributed by atoms with E-state index in [2.05, 4.69) is 14.8 Å². The molecule has 2 aromatic heterocycles. The first-order chi connectivity index (χ1) is 14.6. The van der Waals surface area contributed by atoms with Crippen molar-refractivity contribution in [2.45, 2.75) is 39.2 Å². The summed E-state index contributed by atoms with van der Waals surface area (Å²) in [6, 6.07) is 6.25. The number of likely N-dealkylation sites (tertiary alicyclic amines) is 1. The molecule has 0 bridgehead atoms. The van der Waals surface area contributed by atoms with Gasteiger partial charge in [-0.3, -0.25) is 9.52 Å². The van der Waals surface area contributed by atoms with Crippen LogP contribution in [0.25, 0.3) is 5.65 Å². The van der Waals surface area contributed by atoms with Crippen LogP contribution in [0, 0.1) is 13.8 Å². The average Bonchev–Trinajstić information content (AvgIpc) is 3.10. The van der Waals surface area contributed by atoms with Crippen molar-refractivity contribution in [2.75, 3.05) is 17.5 Å². The van der Waals surface area contributed by atoms with Crippen molar-refractivity contribution in [1.82, 2.24) is 19.5 Å². The highest BCUT2D eigenvalue weighted by molar-refractivity contribution is 7.92. The number of piperidine rings is 1. The quantitative estimate of drug-likeness (QED) is 0.638. The highest BCUT2D eigenvalue weighted by atomic mass is 35.5. The molecule has 164 valence electrons. The number of sulfonamides is 1. The van der Waals surface area contributed by atoms with Crippen LogP contribution >= 0.6 is 11.6 Å². The Hall–Kier alpha value is -2.65. The topological polar surface area (TPSA) is 96.7 Å². The zero-order chi connectivity index (χ0) is 22.3. The standard InChI is InChI=1S/C21H24ClN5O3S/c1-13-12-27-20(23-14(13)2)11-18(24-27)19-6-4-5-9-26(19)21(28)16-10-15(22)7-8-17(16)25-31(3,29)30/h7-8,10-12,19,25H,4-6,9H2,1-3H3. The smallest absolute Gasteiger partial charge is 0.256 e. The predicted molar refractivity (Wildman–Crippen MR) is 120 cm³/mol. The third kappa shape index (κ3) is 4.52. The van der Waals surface area contributed by atoms with Crippen LogP contribution < -0.4 is 4.72 Å². The molecule has 1 atom stereocenters. The number of halogens is 1. The van der Waals surface area contributed by atoms with E-state index in [1.165, 1.54) is 12.1 Å². The van der Waals surface area contributed by atoms with E-state index in [1.807, 2.05) is 26.1 Å². The van der Waals surface area contributed by atoms with Crippen LogP contribution in [0.3, 0.4) is 0 Å². The summed E-state index contributed by atoms with van der Waals surface area (Å²) < 4.78 is 27.7. The van der Waals surface area contributed by atoms with Gasteiger partial charge in [0.05, 0.1) is 29.2 Å². The summed E-state index contributed by atoms with van der Waals surface area (Å²) >= 11 is 6.14. The maximum atomic E-state index is 13.5. The molecule has 3 aromatic rings. The zero-order valence-electron chi connectivity index (χ0n) is 17.6. The number of nitrogens with one attached hydrogen (secondary N) is 1. The number of aryl methyl sites for hydroxylation is 2. The van der Waals surface area contributed by atoms with E-state index in [4.69, 9.17) is 11.6 Å². The molecule has 31 heavy (non-hydrogen) atoms. The lowest BCUT2D eigenvalue weighted by atomic mass is 9.98. The Morgan fingerprint density at radius 2 is 2.00 bits per heavy atom. The highest BCUT2D eigenvalue weighted by Gasteiger charge is 2.32. The molecule has 1 fully saturated rings. The van der Waals surface area contributed by atoms with Gasteiger partial charge in [0.1, 0.15) is 0 Å². The monoisotopic (exact) mass is 461 g/mol. The van der Waals surface area contributed by atoms with Crippen LogP contribution in [0.2, 0.25) is 5.02 Å². The van der Waals surface area contributed by atoms with Gasteiger partial charge in [-0.1, -0.05) is 11.6 Å². The van der Waals surface area contributed by atoms with Gasteiger partial charge in [0, 0.05) is 29.5 Å². The number of carbonyl (C=O) groups excluding carboxylic acids is 1. The molecule has 0 radical (unpaired) electrons. The van der Waals surface area contributed by atoms with Gasteiger partial charge in [-0.2, -0.15) is 5.10 Å². The molecule has 1 aliphatic rings. The summed E-state index contributed by atoms with van der Waals surface area (Å²) in [5.41, 5.74) is 3.91. The Kier molecular flexibility index (Phi) is 5.65. The maximum Gasteiger partial charge on any atom is 0.256 e. The number of amides is 1. The summed E-state index contributed by atoms with van der Waals surface area (Å²) in [6.07, 6.45) is 5.58. The number of rotatable bonds is 4. The van der Waals surface area contributed by atoms with Crippen LogP contribution in [-0.4, -0.2) is 46.6 Å². The SMILES string of the molecule is Cc1cn2nc(C3CCCCN3C(=O)c3cc(Cl)ccc3NS(C)(=O)=O)cc2nc1C. The molecule has 1 amide bonds. The molecule has 0 spiro atoms. The third-order valence-electron chi connectivity index (χ3n) is 5.52. The fourth-order valence-corrected chi connectivity index (χ4v) is 4.65. The van der Waals surface area contributed by atoms with Crippen molar-refractivity contribution in [3.63, 3.8) is 0 Å². The van der Waals surface area contributed by atoms with Crippen molar-refractivity contribution in [1.29, 1.82) is 0 Å². The summed E-state index contributed by atoms with van der Waals surface area (Å²) in [6.45, 7) is 4.48. The van der Waals surface area contributed by atoms with E-state index in [9.17, 15) is 13.2 Å². The minimum Gasteiger partial charge on any atom is -0.330 e. The summed E-state index contributed by atoms with van der Waals surface area (Å²) in [7, 11) is -3.56. The van der Waals surface area contributed by atoms with Crippen LogP contribution in [0.15, 0.2) is 30.5 Å². The Bertz CT molecular complexity index is 1230. The molecule has 1 unspecified atom stereocenters. The van der Waals surface area contributed by atoms with Gasteiger partial charge in [-0.15, -0.1) is 0 Å². The average molecular weight is 462 g/mol. The molecule has 4 rings (SSSR count). The number of fused-ring (bicyclic) bond motifs is 1. The number of carbonyl (C=O) groups is 1. The summed E-state index contributed by atoms with van der Waals surface area (Å²) in [5.74, 6) is -0.282. The van der Waals surface area contributed by atoms with E-state index in [0.29, 0.717) is 11.6 Å². The Labute approximate surface area is 186 Å². The number of hydrogen-bond acceptors (Lipinski definition) is 5. The van der Waals surface area contributed by atoms with Crippen molar-refractivity contribution < 1.29 is 13.2 Å². The normalized spacial score (nSPS) is 17.2. The minimum absolute atomic E-state index is 0.212. The largest absolute Gasteiger partial charge is 0.330 e. The van der Waals surface area contributed by atoms with Crippen molar-refractivity contribution in [3.8, 4) is 0 Å². The molecular formula is C21H24ClN5O3S. The molecular weight excluding hydrogens is 438 g/mol. The number of hydrogen-bond donors (Lipinski definition) is 1. The van der Waals surface area contributed by atoms with Crippen LogP contribution in [0.1, 0.15) is 52.6 Å². The second-order valence-corrected chi connectivity index (χ2v) is 10.1. The maximum absolute atomic E-state index is 13.5. The molecule has 0 aliphatic carbocycles. The van der Waals surface area contributed by atoms with Gasteiger partial charge in [-0.05, 0) is 56.9 Å². The minimum atomic E-state index is -3.56. The van der Waals surface area contributed by atoms with Crippen LogP contribution in [0.5, 0.6) is 0 Å². The first-order valence-electron chi connectivity index (χ1n) is 10.0. The molecule has 1 N–H and O–H groups in total. The first kappa shape index (κ1) is 21.6. The van der Waals surface area contributed by atoms with Gasteiger partial charge < -0.3 is 4.90 Å². The highest BCUT2D eigenvalue weighted by Crippen LogP contribution is 2.34. The lowest BCUT2D eigenvalue weighted by Crippen LogP contribution is -2.39. The van der Waals surface area contributed by atoms with Gasteiger partial charge in [0.15, 0.2) is 5.65 Å². The Morgan fingerprint density at radius 1 is 1.23 bits per heavy atom. The molecule has 3 heterocycles. The molecule has 10 heteroatoms. The fourth-order valence-electron chi connectivity index (χ4n) is 3.90. The molecule has 8 nitrogen and oxygen atoms in total. The van der Waals surface area contributed by atoms with Gasteiger partial charge in [0.2, 0.25) is 10.0 Å². The zero-order valence-corrected chi connectivity index (χ0v) is 19.2. The second kappa shape index (κ2) is 8.12. The lowest BCUT2D eigenvalue weighted by Gasteiger charge is -2.35. The van der Waals surface area contributed by atoms with Gasteiger partial charge in [-0.25, -0.2) is 17.9 Å². The van der Waals surface area contributed by atoms with E-state index in [0.717, 1.165) is 48.1 Å². The number of aromatic nitrogens is 3. The first-order valence-corrected chi connectivity index (χ1v) is 12.3. The third-order valence-corrected chi connectivity index (χ3v) is 6.34. The van der Waals surface area contributed by atoms with Gasteiger partial charge in [0.25, 0.3) is 5.91 Å². The molecule has 1 aliphatic heterocycles. The van der Waals surface area contributed by atoms with E-state index >= 15 is 0 Å². The summed E-state index contributed by atoms with van der Waals surface area (Å²) in [4.78, 5) is 19.9. The molecule has 1 aromatic carbocycles. The number of anilines is 1. The molecule has 0 saturated carbocycles. The van der Waals surface area contributed by atoms with Crippen molar-refractivity contribution >= 4 is 38.9 Å². The predicted octanol–water partition coefficient (Wildman–Crippen LogP) is 3.74. The molecule has 1 saturated heterocycles. The van der Waals surface area contributed by atoms with Crippen LogP contribution in [0.4, 0.5) is 5.69 Å². The lowest BCUT2D eigenvalue weighted by molar-refractivity contribution is 0.0607. The van der Waals surface area contributed by atoms with Crippen LogP contribution in [-0.2, 0) is 10.0 Å². The van der Waals surface area contributed by atoms with Crippen molar-refractivity contribution in [2.24, 2.45) is 0 Å². The summed E-state index contributed by atoms with van der Waals surface area (Å²) in [5, 5.41) is 5.05. The second-order valence-electron chi connectivity index (χ2n) is 7.96.